The Balaban J connectivity index is 1.87. The molecule has 2 saturated carbocycles. The number of nitrogens with zero attached hydrogens (tertiary/aromatic N) is 1. The number of nitrogens with one attached hydrogen (secondary N) is 1. The van der Waals surface area contributed by atoms with Crippen molar-refractivity contribution >= 4 is 11.6 Å². The molecule has 3 nitrogen and oxygen atoms in total. The van der Waals surface area contributed by atoms with E-state index in [1.54, 1.807) is 12.2 Å². The summed E-state index contributed by atoms with van der Waals surface area (Å²) in [6.45, 7) is 7.24. The van der Waals surface area contributed by atoms with Gasteiger partial charge in [-0.05, 0) is 43.9 Å². The van der Waals surface area contributed by atoms with Crippen LogP contribution < -0.4 is 5.43 Å². The number of amides is 1. The van der Waals surface area contributed by atoms with Gasteiger partial charge < -0.3 is 0 Å². The Hall–Kier alpha value is -1.64. The molecule has 0 heterocycles. The van der Waals surface area contributed by atoms with Gasteiger partial charge in [0.25, 0.3) is 5.91 Å². The van der Waals surface area contributed by atoms with Crippen molar-refractivity contribution in [1.82, 2.24) is 5.43 Å². The first-order valence-electron chi connectivity index (χ1n) is 8.55. The molecular formula is C19H28N2O. The summed E-state index contributed by atoms with van der Waals surface area (Å²) in [5.74, 6) is 1.60. The third-order valence-electron chi connectivity index (χ3n) is 5.01. The summed E-state index contributed by atoms with van der Waals surface area (Å²) < 4.78 is 0. The smallest absolute Gasteiger partial charge is 0.267 e. The number of hydrogen-bond acceptors (Lipinski definition) is 2. The Morgan fingerprint density at radius 3 is 2.41 bits per heavy atom. The summed E-state index contributed by atoms with van der Waals surface area (Å²) in [7, 11) is 0. The number of hydrazone groups is 1. The van der Waals surface area contributed by atoms with Gasteiger partial charge in [-0.15, -0.1) is 0 Å². The highest BCUT2D eigenvalue weighted by atomic mass is 16.2. The molecule has 0 radical (unpaired) electrons. The van der Waals surface area contributed by atoms with Crippen molar-refractivity contribution in [3.63, 3.8) is 0 Å². The van der Waals surface area contributed by atoms with E-state index in [2.05, 4.69) is 23.7 Å². The Morgan fingerprint density at radius 1 is 1.05 bits per heavy atom. The predicted molar refractivity (Wildman–Crippen MR) is 92.6 cm³/mol. The molecule has 1 amide bonds. The fourth-order valence-corrected chi connectivity index (χ4v) is 3.76. The number of carbonyl (C=O) groups is 1. The molecular weight excluding hydrogens is 272 g/mol. The molecule has 0 aromatic carbocycles. The molecule has 2 aliphatic rings. The SMILES string of the molecule is C=C/C=C(\C=C)C(=O)N/N=C1/CCCC(C2CCCC2)CC1. The Kier molecular flexibility index (Phi) is 6.63. The molecule has 22 heavy (non-hydrogen) atoms. The van der Waals surface area contributed by atoms with Crippen LogP contribution in [0.3, 0.4) is 0 Å². The third kappa shape index (κ3) is 4.69. The van der Waals surface area contributed by atoms with E-state index in [0.29, 0.717) is 5.57 Å². The van der Waals surface area contributed by atoms with Crippen LogP contribution in [0, 0.1) is 11.8 Å². The fraction of sp³-hybridized carbons (Fsp3) is 0.579. The largest absolute Gasteiger partial charge is 0.271 e. The zero-order valence-electron chi connectivity index (χ0n) is 13.5. The van der Waals surface area contributed by atoms with Crippen molar-refractivity contribution in [2.24, 2.45) is 16.9 Å². The average Bonchev–Trinajstić information content (AvgIpc) is 2.96. The van der Waals surface area contributed by atoms with E-state index >= 15 is 0 Å². The van der Waals surface area contributed by atoms with E-state index in [0.717, 1.165) is 30.4 Å². The molecule has 0 saturated heterocycles. The first kappa shape index (κ1) is 16.7. The zero-order chi connectivity index (χ0) is 15.8. The lowest BCUT2D eigenvalue weighted by Gasteiger charge is -2.20. The summed E-state index contributed by atoms with van der Waals surface area (Å²) in [6.07, 6.45) is 16.2. The Labute approximate surface area is 134 Å². The highest BCUT2D eigenvalue weighted by Gasteiger charge is 2.26. The maximum atomic E-state index is 12.0. The van der Waals surface area contributed by atoms with Crippen LogP contribution in [-0.2, 0) is 4.79 Å². The van der Waals surface area contributed by atoms with Gasteiger partial charge in [0.15, 0.2) is 0 Å². The second kappa shape index (κ2) is 8.72. The van der Waals surface area contributed by atoms with E-state index in [4.69, 9.17) is 0 Å². The maximum absolute atomic E-state index is 12.0. The predicted octanol–water partition coefficient (Wildman–Crippen LogP) is 4.53. The van der Waals surface area contributed by atoms with E-state index < -0.39 is 0 Å². The van der Waals surface area contributed by atoms with Crippen molar-refractivity contribution in [3.8, 4) is 0 Å². The number of rotatable bonds is 5. The van der Waals surface area contributed by atoms with E-state index in [1.165, 1.54) is 51.0 Å². The van der Waals surface area contributed by atoms with Gasteiger partial charge in [-0.3, -0.25) is 4.79 Å². The van der Waals surface area contributed by atoms with Gasteiger partial charge in [0.1, 0.15) is 0 Å². The zero-order valence-corrected chi connectivity index (χ0v) is 13.5. The minimum atomic E-state index is -0.209. The molecule has 3 heteroatoms. The Bertz CT molecular complexity index is 470. The number of allylic oxidation sites excluding steroid dienone is 2. The summed E-state index contributed by atoms with van der Waals surface area (Å²) in [5.41, 5.74) is 4.29. The van der Waals surface area contributed by atoms with Gasteiger partial charge in [0.2, 0.25) is 0 Å². The number of carbonyl (C=O) groups excluding carboxylic acids is 1. The van der Waals surface area contributed by atoms with Gasteiger partial charge in [-0.25, -0.2) is 5.43 Å². The van der Waals surface area contributed by atoms with Crippen LogP contribution in [0.25, 0.3) is 0 Å². The molecule has 120 valence electrons. The fourth-order valence-electron chi connectivity index (χ4n) is 3.76. The molecule has 2 rings (SSSR count). The first-order chi connectivity index (χ1) is 10.7. The lowest BCUT2D eigenvalue weighted by atomic mass is 9.85. The lowest BCUT2D eigenvalue weighted by Crippen LogP contribution is -2.20. The summed E-state index contributed by atoms with van der Waals surface area (Å²) in [6, 6.07) is 0. The van der Waals surface area contributed by atoms with Gasteiger partial charge in [0, 0.05) is 11.3 Å². The summed E-state index contributed by atoms with van der Waals surface area (Å²) >= 11 is 0. The third-order valence-corrected chi connectivity index (χ3v) is 5.01. The van der Waals surface area contributed by atoms with Crippen LogP contribution in [0.15, 0.2) is 42.1 Å². The normalized spacial score (nSPS) is 25.7. The van der Waals surface area contributed by atoms with Crippen LogP contribution in [0.5, 0.6) is 0 Å². The van der Waals surface area contributed by atoms with E-state index in [1.807, 2.05) is 0 Å². The minimum absolute atomic E-state index is 0.209. The van der Waals surface area contributed by atoms with Gasteiger partial charge in [-0.1, -0.05) is 57.1 Å². The standard InChI is InChI=1S/C19H28N2O/c1-3-8-15(4-2)19(22)21-20-18-12-7-11-17(13-14-18)16-9-5-6-10-16/h3-4,8,16-17H,1-2,5-7,9-14H2,(H,21,22)/b15-8+,20-18-. The molecule has 2 aliphatic carbocycles. The van der Waals surface area contributed by atoms with Crippen molar-refractivity contribution < 1.29 is 4.79 Å². The van der Waals surface area contributed by atoms with E-state index in [-0.39, 0.29) is 5.91 Å². The molecule has 0 aliphatic heterocycles. The molecule has 1 unspecified atom stereocenters. The molecule has 1 atom stereocenters. The first-order valence-corrected chi connectivity index (χ1v) is 8.55. The highest BCUT2D eigenvalue weighted by molar-refractivity contribution is 5.97. The summed E-state index contributed by atoms with van der Waals surface area (Å²) in [5, 5.41) is 4.35. The second-order valence-electron chi connectivity index (χ2n) is 6.42. The van der Waals surface area contributed by atoms with Crippen LogP contribution in [0.1, 0.15) is 57.8 Å². The van der Waals surface area contributed by atoms with Crippen molar-refractivity contribution in [2.45, 2.75) is 57.8 Å². The number of hydrogen-bond donors (Lipinski definition) is 1. The highest BCUT2D eigenvalue weighted by Crippen LogP contribution is 2.38. The van der Waals surface area contributed by atoms with Crippen LogP contribution >= 0.6 is 0 Å². The minimum Gasteiger partial charge on any atom is -0.267 e. The topological polar surface area (TPSA) is 41.5 Å². The molecule has 2 fully saturated rings. The van der Waals surface area contributed by atoms with Crippen LogP contribution in [0.4, 0.5) is 0 Å². The molecule has 0 bridgehead atoms. The van der Waals surface area contributed by atoms with Crippen molar-refractivity contribution in [2.75, 3.05) is 0 Å². The molecule has 0 aromatic heterocycles. The lowest BCUT2D eigenvalue weighted by molar-refractivity contribution is -0.117. The molecule has 0 aromatic rings. The van der Waals surface area contributed by atoms with Crippen LogP contribution in [-0.4, -0.2) is 11.6 Å². The average molecular weight is 300 g/mol. The summed E-state index contributed by atoms with van der Waals surface area (Å²) in [4.78, 5) is 12.0. The van der Waals surface area contributed by atoms with Crippen molar-refractivity contribution in [3.05, 3.63) is 37.0 Å². The molecule has 1 N–H and O–H groups in total. The van der Waals surface area contributed by atoms with Crippen molar-refractivity contribution in [1.29, 1.82) is 0 Å². The van der Waals surface area contributed by atoms with Gasteiger partial charge in [-0.2, -0.15) is 5.10 Å². The quantitative estimate of drug-likeness (QED) is 0.345. The monoisotopic (exact) mass is 300 g/mol. The maximum Gasteiger partial charge on any atom is 0.271 e. The molecule has 0 spiro atoms. The van der Waals surface area contributed by atoms with Gasteiger partial charge in [0.05, 0.1) is 0 Å². The van der Waals surface area contributed by atoms with E-state index in [9.17, 15) is 4.79 Å². The second-order valence-corrected chi connectivity index (χ2v) is 6.42. The Morgan fingerprint density at radius 2 is 1.73 bits per heavy atom. The van der Waals surface area contributed by atoms with Crippen LogP contribution in [0.2, 0.25) is 0 Å². The van der Waals surface area contributed by atoms with Gasteiger partial charge >= 0.3 is 0 Å².